The molecule has 0 aliphatic rings. The lowest BCUT2D eigenvalue weighted by Gasteiger charge is -2.12. The monoisotopic (exact) mass is 992 g/mol. The van der Waals surface area contributed by atoms with Crippen LogP contribution in [0, 0.1) is 0 Å². The molecule has 6 rings (SSSR count). The van der Waals surface area contributed by atoms with Gasteiger partial charge in [-0.3, -0.25) is 37.8 Å². The molecule has 4 aromatic carbocycles. The second kappa shape index (κ2) is 18.8. The van der Waals surface area contributed by atoms with Crippen molar-refractivity contribution in [1.29, 1.82) is 0 Å². The van der Waals surface area contributed by atoms with Gasteiger partial charge in [0.15, 0.2) is 0 Å². The van der Waals surface area contributed by atoms with Crippen LogP contribution >= 0.6 is 23.5 Å². The van der Waals surface area contributed by atoms with Gasteiger partial charge in [-0.25, -0.2) is 0 Å². The van der Waals surface area contributed by atoms with Gasteiger partial charge in [-0.2, -0.15) is 33.7 Å². The summed E-state index contributed by atoms with van der Waals surface area (Å²) in [6, 6.07) is 14.3. The molecule has 0 spiro atoms. The summed E-state index contributed by atoms with van der Waals surface area (Å²) in [7, 11) is -19.4. The molecule has 0 aliphatic heterocycles. The summed E-state index contributed by atoms with van der Waals surface area (Å²) < 4.78 is 137. The number of amides is 2. The highest BCUT2D eigenvalue weighted by Gasteiger charge is 2.23. The Balaban J connectivity index is 1.12. The van der Waals surface area contributed by atoms with Crippen LogP contribution in [0.4, 0.5) is 11.4 Å². The molecule has 2 aromatic heterocycles. The van der Waals surface area contributed by atoms with Crippen LogP contribution in [0.1, 0.15) is 22.3 Å². The van der Waals surface area contributed by atoms with Crippen molar-refractivity contribution in [3.63, 3.8) is 0 Å². The van der Waals surface area contributed by atoms with Gasteiger partial charge in [-0.1, -0.05) is 24.3 Å². The number of hydrogen-bond acceptors (Lipinski definition) is 16. The van der Waals surface area contributed by atoms with E-state index in [1.54, 1.807) is 0 Å². The number of carbonyl (C=O) groups is 2. The number of thioether (sulfide) groups is 2. The third-order valence-electron chi connectivity index (χ3n) is 8.94. The highest BCUT2D eigenvalue weighted by atomic mass is 32.2. The average Bonchev–Trinajstić information content (AvgIpc) is 3.20. The molecule has 0 bridgehead atoms. The number of nitrogens with zero attached hydrogens (tertiary/aromatic N) is 2. The van der Waals surface area contributed by atoms with Crippen molar-refractivity contribution in [2.24, 2.45) is 0 Å². The van der Waals surface area contributed by atoms with Crippen LogP contribution in [0.15, 0.2) is 105 Å². The molecule has 0 atom stereocenters. The third kappa shape index (κ3) is 11.3. The minimum absolute atomic E-state index is 0.0199. The Morgan fingerprint density at radius 2 is 0.891 bits per heavy atom. The number of phenolic OH excluding ortho intramolecular Hbond substituents is 2. The number of phenols is 2. The van der Waals surface area contributed by atoms with Gasteiger partial charge in [0.1, 0.15) is 42.1 Å². The fraction of sp³-hybridized carbons (Fsp3) is 0.105. The lowest BCUT2D eigenvalue weighted by Crippen LogP contribution is -2.15. The minimum Gasteiger partial charge on any atom is -0.505 e. The zero-order valence-corrected chi connectivity index (χ0v) is 37.1. The van der Waals surface area contributed by atoms with Gasteiger partial charge in [0.25, 0.3) is 40.5 Å². The molecule has 8 N–H and O–H groups in total. The Hall–Kier alpha value is -5.68. The Morgan fingerprint density at radius 1 is 0.531 bits per heavy atom. The molecule has 336 valence electrons. The van der Waals surface area contributed by atoms with Crippen LogP contribution in [0.25, 0.3) is 34.0 Å². The van der Waals surface area contributed by atoms with Crippen molar-refractivity contribution in [1.82, 2.24) is 9.97 Å². The number of fused-ring (bicyclic) bond motifs is 2. The molecule has 64 heavy (non-hydrogen) atoms. The van der Waals surface area contributed by atoms with Crippen LogP contribution in [-0.4, -0.2) is 95.4 Å². The molecule has 0 radical (unpaired) electrons. The van der Waals surface area contributed by atoms with E-state index in [-0.39, 0.29) is 89.9 Å². The fourth-order valence-corrected chi connectivity index (χ4v) is 10.7. The lowest BCUT2D eigenvalue weighted by atomic mass is 10.1. The Bertz CT molecular complexity index is 3140. The summed E-state index contributed by atoms with van der Waals surface area (Å²) in [6.45, 7) is 0. The standard InChI is InChI=1S/C38H32N4O16S6/c43-33(19-59-17-23-13-31(63(53,54)55)27-3-1-11-39-35(27)37(23)45)41-25-9-7-21(29(15-25)61(47,48)49)5-6-22-8-10-26(16-30(22)62(50,51)52)42-34(44)20-60-18-24-14-32(64(56,57)58)28-4-2-12-40-36(28)38(24)46/h1-16,45-46H,17-20H2,(H,41,43)(H,42,44)(H,47,48,49)(H,50,51,52)(H,53,54,55)(H,56,57,58)/b6-5+. The lowest BCUT2D eigenvalue weighted by molar-refractivity contribution is -0.114. The van der Waals surface area contributed by atoms with Gasteiger partial charge in [-0.15, -0.1) is 23.5 Å². The van der Waals surface area contributed by atoms with Crippen molar-refractivity contribution < 1.29 is 71.7 Å². The molecule has 2 amide bonds. The van der Waals surface area contributed by atoms with Crippen molar-refractivity contribution in [2.45, 2.75) is 31.1 Å². The zero-order valence-electron chi connectivity index (χ0n) is 32.2. The predicted molar refractivity (Wildman–Crippen MR) is 237 cm³/mol. The fourth-order valence-electron chi connectivity index (χ4n) is 6.17. The van der Waals surface area contributed by atoms with Gasteiger partial charge in [0.05, 0.1) is 11.5 Å². The molecule has 6 aromatic rings. The second-order valence-electron chi connectivity index (χ2n) is 13.4. The molecule has 0 saturated carbocycles. The summed E-state index contributed by atoms with van der Waals surface area (Å²) in [4.78, 5) is 31.1. The summed E-state index contributed by atoms with van der Waals surface area (Å²) in [6.07, 6.45) is 4.81. The smallest absolute Gasteiger partial charge is 0.295 e. The topological polar surface area (TPSA) is 342 Å². The number of hydrogen-bond donors (Lipinski definition) is 8. The first-order valence-corrected chi connectivity index (χ1v) is 25.8. The maximum atomic E-state index is 12.8. The number of anilines is 2. The summed E-state index contributed by atoms with van der Waals surface area (Å²) in [5.41, 5.74) is -0.637. The number of benzene rings is 4. The number of carbonyl (C=O) groups excluding carboxylic acids is 2. The average molecular weight is 993 g/mol. The van der Waals surface area contributed by atoms with Gasteiger partial charge < -0.3 is 20.8 Å². The van der Waals surface area contributed by atoms with Crippen molar-refractivity contribution >= 4 is 121 Å². The quantitative estimate of drug-likeness (QED) is 0.0462. The van der Waals surface area contributed by atoms with E-state index in [9.17, 15) is 71.7 Å². The van der Waals surface area contributed by atoms with Gasteiger partial charge in [-0.05, 0) is 71.8 Å². The van der Waals surface area contributed by atoms with Crippen LogP contribution in [0.3, 0.4) is 0 Å². The molecule has 26 heteroatoms. The number of aromatic nitrogens is 2. The van der Waals surface area contributed by atoms with E-state index < -0.39 is 71.9 Å². The van der Waals surface area contributed by atoms with Crippen LogP contribution in [0.5, 0.6) is 11.5 Å². The number of nitrogens with one attached hydrogen (secondary N) is 2. The van der Waals surface area contributed by atoms with E-state index in [0.29, 0.717) is 0 Å². The Labute approximate surface area is 372 Å². The van der Waals surface area contributed by atoms with E-state index in [1.165, 1.54) is 60.9 Å². The maximum absolute atomic E-state index is 12.8. The Kier molecular flexibility index (Phi) is 14.0. The molecule has 0 unspecified atom stereocenters. The van der Waals surface area contributed by atoms with Crippen LogP contribution < -0.4 is 10.6 Å². The van der Waals surface area contributed by atoms with E-state index >= 15 is 0 Å². The first-order chi connectivity index (χ1) is 29.9. The van der Waals surface area contributed by atoms with Gasteiger partial charge >= 0.3 is 0 Å². The Morgan fingerprint density at radius 3 is 1.23 bits per heavy atom. The molecular weight excluding hydrogens is 961 g/mol. The van der Waals surface area contributed by atoms with E-state index in [1.807, 2.05) is 0 Å². The summed E-state index contributed by atoms with van der Waals surface area (Å²) in [5.74, 6) is -2.92. The molecular formula is C38H32N4O16S6. The van der Waals surface area contributed by atoms with Crippen LogP contribution in [0.2, 0.25) is 0 Å². The minimum atomic E-state index is -4.98. The SMILES string of the molecule is O=C(CSCc1cc(S(=O)(=O)O)c2cccnc2c1O)Nc1ccc(/C=C/c2ccc(NC(=O)CSCc3cc(S(=O)(=O)O)c4cccnc4c3O)cc2S(=O)(=O)O)c(S(=O)(=O)O)c1. The normalized spacial score (nSPS) is 12.5. The molecule has 20 nitrogen and oxygen atoms in total. The van der Waals surface area contributed by atoms with Gasteiger partial charge in [0.2, 0.25) is 11.8 Å². The zero-order chi connectivity index (χ0) is 46.8. The van der Waals surface area contributed by atoms with E-state index in [4.69, 9.17) is 0 Å². The van der Waals surface area contributed by atoms with E-state index in [2.05, 4.69) is 20.6 Å². The van der Waals surface area contributed by atoms with Crippen LogP contribution in [-0.2, 0) is 61.6 Å². The molecule has 2 heterocycles. The molecule has 0 fully saturated rings. The third-order valence-corrected chi connectivity index (χ3v) is 14.5. The molecule has 0 aliphatic carbocycles. The van der Waals surface area contributed by atoms with E-state index in [0.717, 1.165) is 59.9 Å². The van der Waals surface area contributed by atoms with Crippen molar-refractivity contribution in [2.75, 3.05) is 22.1 Å². The highest BCUT2D eigenvalue weighted by Crippen LogP contribution is 2.36. The summed E-state index contributed by atoms with van der Waals surface area (Å²) >= 11 is 1.85. The number of pyridine rings is 2. The summed E-state index contributed by atoms with van der Waals surface area (Å²) in [5, 5.41) is 26.2. The maximum Gasteiger partial charge on any atom is 0.295 e. The predicted octanol–water partition coefficient (Wildman–Crippen LogP) is 5.10. The first-order valence-electron chi connectivity index (χ1n) is 17.7. The van der Waals surface area contributed by atoms with Gasteiger partial charge in [0, 0.05) is 57.2 Å². The first kappa shape index (κ1) is 47.8. The van der Waals surface area contributed by atoms with Crippen molar-refractivity contribution in [3.05, 3.63) is 107 Å². The second-order valence-corrected chi connectivity index (χ2v) is 20.9. The number of rotatable bonds is 16. The highest BCUT2D eigenvalue weighted by molar-refractivity contribution is 7.99. The largest absolute Gasteiger partial charge is 0.505 e. The van der Waals surface area contributed by atoms with Crippen molar-refractivity contribution in [3.8, 4) is 11.5 Å². The molecule has 0 saturated heterocycles. The number of aromatic hydroxyl groups is 2.